The zero-order chi connectivity index (χ0) is 22.4. The number of nitrogens with one attached hydrogen (secondary N) is 4. The van der Waals surface area contributed by atoms with Crippen LogP contribution in [-0.4, -0.2) is 55.6 Å². The number of hydrogen-bond acceptors (Lipinski definition) is 8. The van der Waals surface area contributed by atoms with Crippen molar-refractivity contribution in [2.45, 2.75) is 70.3 Å². The van der Waals surface area contributed by atoms with E-state index in [1.807, 2.05) is 13.8 Å². The number of pyridine rings is 1. The molecule has 2 amide bonds. The summed E-state index contributed by atoms with van der Waals surface area (Å²) in [7, 11) is 3.07. The molecule has 10 heteroatoms. The minimum atomic E-state index is -0.355. The molecular formula is C21H33N5O5. The monoisotopic (exact) mass is 435 g/mol. The van der Waals surface area contributed by atoms with Crippen LogP contribution in [0.4, 0.5) is 4.79 Å². The van der Waals surface area contributed by atoms with E-state index in [-0.39, 0.29) is 42.8 Å². The molecule has 1 saturated carbocycles. The van der Waals surface area contributed by atoms with Gasteiger partial charge in [0.05, 0.1) is 33.0 Å². The first-order valence-electron chi connectivity index (χ1n) is 10.7. The van der Waals surface area contributed by atoms with Gasteiger partial charge >= 0.3 is 6.09 Å². The van der Waals surface area contributed by atoms with Gasteiger partial charge in [-0.05, 0) is 45.4 Å². The van der Waals surface area contributed by atoms with Crippen LogP contribution in [-0.2, 0) is 16.0 Å². The molecule has 4 atom stereocenters. The van der Waals surface area contributed by atoms with Crippen molar-refractivity contribution in [2.24, 2.45) is 5.92 Å². The number of hydrazine groups is 1. The molecule has 4 N–H and O–H groups in total. The van der Waals surface area contributed by atoms with Crippen LogP contribution in [0.2, 0.25) is 0 Å². The van der Waals surface area contributed by atoms with E-state index in [0.29, 0.717) is 23.1 Å². The number of nitrogens with zero attached hydrogens (tertiary/aromatic N) is 1. The molecule has 1 saturated heterocycles. The van der Waals surface area contributed by atoms with Gasteiger partial charge in [-0.1, -0.05) is 0 Å². The molecule has 2 fully saturated rings. The van der Waals surface area contributed by atoms with Crippen molar-refractivity contribution < 1.29 is 23.8 Å². The van der Waals surface area contributed by atoms with Gasteiger partial charge in [0, 0.05) is 23.7 Å². The third kappa shape index (κ3) is 6.44. The Labute approximate surface area is 182 Å². The summed E-state index contributed by atoms with van der Waals surface area (Å²) in [6, 6.07) is 1.97. The van der Waals surface area contributed by atoms with Crippen LogP contribution in [0.15, 0.2) is 12.3 Å². The largest absolute Gasteiger partial charge is 0.495 e. The lowest BCUT2D eigenvalue weighted by atomic mass is 9.96. The second-order valence-electron chi connectivity index (χ2n) is 8.37. The molecule has 1 aliphatic heterocycles. The third-order valence-corrected chi connectivity index (χ3v) is 5.65. The molecule has 172 valence electrons. The Hall–Kier alpha value is -2.59. The van der Waals surface area contributed by atoms with Gasteiger partial charge in [-0.15, -0.1) is 0 Å². The summed E-state index contributed by atoms with van der Waals surface area (Å²) in [6.45, 7) is 3.81. The van der Waals surface area contributed by atoms with Crippen LogP contribution >= 0.6 is 0 Å². The van der Waals surface area contributed by atoms with Crippen molar-refractivity contribution in [3.8, 4) is 11.6 Å². The van der Waals surface area contributed by atoms with E-state index < -0.39 is 0 Å². The molecule has 0 spiro atoms. The predicted molar refractivity (Wildman–Crippen MR) is 114 cm³/mol. The number of alkyl carbamates (subject to hydrolysis) is 1. The zero-order valence-corrected chi connectivity index (χ0v) is 18.6. The summed E-state index contributed by atoms with van der Waals surface area (Å²) in [5.74, 6) is 1.24. The van der Waals surface area contributed by atoms with E-state index in [1.165, 1.54) is 7.11 Å². The number of rotatable bonds is 8. The Bertz CT molecular complexity index is 775. The van der Waals surface area contributed by atoms with Crippen molar-refractivity contribution in [2.75, 3.05) is 14.2 Å². The summed E-state index contributed by atoms with van der Waals surface area (Å²) in [5, 5.41) is 5.77. The van der Waals surface area contributed by atoms with E-state index >= 15 is 0 Å². The van der Waals surface area contributed by atoms with Crippen LogP contribution in [0.1, 0.15) is 45.1 Å². The van der Waals surface area contributed by atoms with Gasteiger partial charge in [-0.2, -0.15) is 0 Å². The molecule has 0 aromatic carbocycles. The first-order valence-corrected chi connectivity index (χ1v) is 10.7. The fourth-order valence-corrected chi connectivity index (χ4v) is 4.17. The molecule has 0 radical (unpaired) electrons. The number of carbonyl (C=O) groups is 2. The number of aromatic nitrogens is 1. The van der Waals surface area contributed by atoms with Crippen LogP contribution in [0, 0.1) is 5.92 Å². The molecular weight excluding hydrogens is 402 g/mol. The van der Waals surface area contributed by atoms with Crippen molar-refractivity contribution in [3.05, 3.63) is 17.8 Å². The van der Waals surface area contributed by atoms with E-state index in [9.17, 15) is 9.59 Å². The summed E-state index contributed by atoms with van der Waals surface area (Å²) in [5.41, 5.74) is 7.16. The van der Waals surface area contributed by atoms with E-state index in [2.05, 4.69) is 26.5 Å². The molecule has 1 aromatic rings. The zero-order valence-electron chi connectivity index (χ0n) is 18.6. The van der Waals surface area contributed by atoms with Gasteiger partial charge in [-0.3, -0.25) is 10.2 Å². The maximum atomic E-state index is 12.6. The highest BCUT2D eigenvalue weighted by atomic mass is 16.6. The Kier molecular flexibility index (Phi) is 7.91. The second-order valence-corrected chi connectivity index (χ2v) is 8.37. The van der Waals surface area contributed by atoms with Crippen molar-refractivity contribution in [1.82, 2.24) is 26.5 Å². The maximum absolute atomic E-state index is 12.6. The summed E-state index contributed by atoms with van der Waals surface area (Å²) < 4.78 is 15.9. The molecule has 2 heterocycles. The smallest absolute Gasteiger partial charge is 0.407 e. The van der Waals surface area contributed by atoms with Crippen LogP contribution in [0.3, 0.4) is 0 Å². The van der Waals surface area contributed by atoms with Crippen molar-refractivity contribution in [1.29, 1.82) is 0 Å². The molecule has 1 aromatic heterocycles. The lowest BCUT2D eigenvalue weighted by Crippen LogP contribution is -2.45. The first kappa shape index (κ1) is 23.1. The van der Waals surface area contributed by atoms with E-state index in [1.54, 1.807) is 19.4 Å². The SMILES string of the molecule is COc1cc(CC(=O)NC2CC([C@H]3CC[C@@H](OC(=O)NC(C)C)C3)NN2)c(OC)cn1. The highest BCUT2D eigenvalue weighted by Gasteiger charge is 2.37. The molecule has 1 aliphatic carbocycles. The van der Waals surface area contributed by atoms with Crippen molar-refractivity contribution >= 4 is 12.0 Å². The van der Waals surface area contributed by atoms with Crippen LogP contribution in [0.25, 0.3) is 0 Å². The van der Waals surface area contributed by atoms with Gasteiger partial charge in [-0.25, -0.2) is 15.2 Å². The number of hydrogen-bond donors (Lipinski definition) is 4. The summed E-state index contributed by atoms with van der Waals surface area (Å²) in [6.07, 6.45) is 4.54. The van der Waals surface area contributed by atoms with Gasteiger partial charge < -0.3 is 24.8 Å². The Morgan fingerprint density at radius 1 is 1.19 bits per heavy atom. The number of ether oxygens (including phenoxy) is 3. The topological polar surface area (TPSA) is 123 Å². The van der Waals surface area contributed by atoms with E-state index in [4.69, 9.17) is 14.2 Å². The fraction of sp³-hybridized carbons (Fsp3) is 0.667. The van der Waals surface area contributed by atoms with E-state index in [0.717, 1.165) is 25.7 Å². The average molecular weight is 436 g/mol. The number of methoxy groups -OCH3 is 2. The number of amides is 2. The Morgan fingerprint density at radius 2 is 2.00 bits per heavy atom. The summed E-state index contributed by atoms with van der Waals surface area (Å²) in [4.78, 5) is 28.5. The summed E-state index contributed by atoms with van der Waals surface area (Å²) >= 11 is 0. The maximum Gasteiger partial charge on any atom is 0.407 e. The van der Waals surface area contributed by atoms with Gasteiger partial charge in [0.1, 0.15) is 11.9 Å². The lowest BCUT2D eigenvalue weighted by molar-refractivity contribution is -0.121. The van der Waals surface area contributed by atoms with Crippen LogP contribution in [0.5, 0.6) is 11.6 Å². The molecule has 2 aliphatic rings. The second kappa shape index (κ2) is 10.6. The standard InChI is InChI=1S/C21H33N5O5/c1-12(2)23-21(28)31-15-6-5-13(7-15)16-10-18(26-25-16)24-19(27)8-14-9-20(30-4)22-11-17(14)29-3/h9,11-13,15-16,18,25-26H,5-8,10H2,1-4H3,(H,23,28)(H,24,27)/t13-,15+,16?,18?/m0/s1. The third-order valence-electron chi connectivity index (χ3n) is 5.65. The van der Waals surface area contributed by atoms with Crippen molar-refractivity contribution in [3.63, 3.8) is 0 Å². The molecule has 0 bridgehead atoms. The highest BCUT2D eigenvalue weighted by molar-refractivity contribution is 5.79. The molecule has 2 unspecified atom stereocenters. The average Bonchev–Trinajstić information content (AvgIpc) is 3.36. The minimum Gasteiger partial charge on any atom is -0.495 e. The van der Waals surface area contributed by atoms with Gasteiger partial charge in [0.2, 0.25) is 11.8 Å². The van der Waals surface area contributed by atoms with Crippen LogP contribution < -0.4 is 31.0 Å². The van der Waals surface area contributed by atoms with Gasteiger partial charge in [0.25, 0.3) is 0 Å². The Morgan fingerprint density at radius 3 is 2.71 bits per heavy atom. The Balaban J connectivity index is 1.45. The highest BCUT2D eigenvalue weighted by Crippen LogP contribution is 2.33. The van der Waals surface area contributed by atoms with Gasteiger partial charge in [0.15, 0.2) is 0 Å². The fourth-order valence-electron chi connectivity index (χ4n) is 4.17. The number of carbonyl (C=O) groups excluding carboxylic acids is 2. The molecule has 31 heavy (non-hydrogen) atoms. The predicted octanol–water partition coefficient (Wildman–Crippen LogP) is 1.25. The first-order chi connectivity index (χ1) is 14.9. The molecule has 3 rings (SSSR count). The lowest BCUT2D eigenvalue weighted by Gasteiger charge is -2.18. The normalized spacial score (nSPS) is 25.3. The quantitative estimate of drug-likeness (QED) is 0.481. The minimum absolute atomic E-state index is 0.0583. The molecule has 10 nitrogen and oxygen atoms in total.